The maximum atomic E-state index is 10.7. The molecule has 2 aromatic carbocycles. The third-order valence-electron chi connectivity index (χ3n) is 6.40. The summed E-state index contributed by atoms with van der Waals surface area (Å²) in [6, 6.07) is 15.6. The summed E-state index contributed by atoms with van der Waals surface area (Å²) in [6.07, 6.45) is 5.14. The first-order valence-electron chi connectivity index (χ1n) is 13.0. The van der Waals surface area contributed by atoms with E-state index in [4.69, 9.17) is 25.5 Å². The number of aromatic nitrogens is 1. The number of benzene rings is 2. The van der Waals surface area contributed by atoms with Gasteiger partial charge in [-0.3, -0.25) is 4.79 Å². The maximum Gasteiger partial charge on any atom is 0.199 e. The number of hydrogen-bond acceptors (Lipinski definition) is 7. The molecule has 38 heavy (non-hydrogen) atoms. The number of carbonyl (C=O) groups is 1. The lowest BCUT2D eigenvalue weighted by molar-refractivity contribution is 0.0363. The van der Waals surface area contributed by atoms with Gasteiger partial charge in [0.05, 0.1) is 6.61 Å². The van der Waals surface area contributed by atoms with E-state index in [1.54, 1.807) is 19.2 Å². The quantitative estimate of drug-likeness (QED) is 0.229. The molecule has 6 nitrogen and oxygen atoms in total. The number of aldehydes is 1. The normalized spacial score (nSPS) is 15.6. The van der Waals surface area contributed by atoms with Crippen molar-refractivity contribution in [1.82, 2.24) is 9.88 Å². The fourth-order valence-electron chi connectivity index (χ4n) is 3.85. The molecule has 1 fully saturated rings. The fraction of sp³-hybridized carbons (Fsp3) is 0.467. The fourth-order valence-corrected chi connectivity index (χ4v) is 4.26. The third-order valence-corrected chi connectivity index (χ3v) is 7.13. The summed E-state index contributed by atoms with van der Waals surface area (Å²) in [4.78, 5) is 17.5. The Morgan fingerprint density at radius 2 is 1.92 bits per heavy atom. The van der Waals surface area contributed by atoms with E-state index < -0.39 is 0 Å². The van der Waals surface area contributed by atoms with Gasteiger partial charge < -0.3 is 18.8 Å². The minimum atomic E-state index is 0.221. The van der Waals surface area contributed by atoms with Crippen LogP contribution in [-0.4, -0.2) is 63.2 Å². The van der Waals surface area contributed by atoms with Gasteiger partial charge in [0, 0.05) is 48.4 Å². The molecule has 0 saturated carbocycles. The highest BCUT2D eigenvalue weighted by Crippen LogP contribution is 2.32. The average molecular weight is 561 g/mol. The molecule has 2 heterocycles. The van der Waals surface area contributed by atoms with Crippen LogP contribution in [0.3, 0.4) is 0 Å². The second-order valence-corrected chi connectivity index (χ2v) is 10.2. The van der Waals surface area contributed by atoms with Gasteiger partial charge >= 0.3 is 0 Å². The van der Waals surface area contributed by atoms with Crippen molar-refractivity contribution in [3.05, 3.63) is 70.6 Å². The molecule has 208 valence electrons. The van der Waals surface area contributed by atoms with E-state index in [2.05, 4.69) is 43.5 Å². The van der Waals surface area contributed by atoms with Crippen LogP contribution in [-0.2, 0) is 9.47 Å². The second kappa shape index (κ2) is 17.4. The predicted molar refractivity (Wildman–Crippen MR) is 158 cm³/mol. The molecule has 2 atom stereocenters. The molecule has 1 aliphatic rings. The Morgan fingerprint density at radius 1 is 1.21 bits per heavy atom. The van der Waals surface area contributed by atoms with E-state index in [0.717, 1.165) is 48.5 Å². The van der Waals surface area contributed by atoms with Crippen LogP contribution in [0.5, 0.6) is 0 Å². The van der Waals surface area contributed by atoms with Crippen molar-refractivity contribution in [1.29, 1.82) is 0 Å². The molecule has 0 radical (unpaired) electrons. The molecule has 1 aliphatic heterocycles. The van der Waals surface area contributed by atoms with Gasteiger partial charge in [-0.2, -0.15) is 0 Å². The molecule has 0 amide bonds. The number of carbonyl (C=O) groups excluding carboxylic acids is 1. The maximum absolute atomic E-state index is 10.7. The molecule has 1 saturated heterocycles. The van der Waals surface area contributed by atoms with Crippen LogP contribution in [0.4, 0.5) is 0 Å². The smallest absolute Gasteiger partial charge is 0.199 e. The first-order valence-corrected chi connectivity index (χ1v) is 13.8. The van der Waals surface area contributed by atoms with Crippen molar-refractivity contribution < 1.29 is 18.7 Å². The van der Waals surface area contributed by atoms with Crippen LogP contribution in [0, 0.1) is 6.92 Å². The molecule has 0 spiro atoms. The van der Waals surface area contributed by atoms with Gasteiger partial charge in [-0.25, -0.2) is 4.98 Å². The third kappa shape index (κ3) is 10.5. The van der Waals surface area contributed by atoms with E-state index in [1.807, 2.05) is 43.3 Å². The van der Waals surface area contributed by atoms with Crippen LogP contribution < -0.4 is 0 Å². The summed E-state index contributed by atoms with van der Waals surface area (Å²) in [5.74, 6) is 0.910. The number of aryl methyl sites for hydroxylation is 1. The van der Waals surface area contributed by atoms with Crippen LogP contribution in [0.25, 0.3) is 11.3 Å². The highest BCUT2D eigenvalue weighted by molar-refractivity contribution is 7.80. The molecule has 4 rings (SSSR count). The Bertz CT molecular complexity index is 1060. The number of halogens is 1. The van der Waals surface area contributed by atoms with Crippen molar-refractivity contribution in [2.24, 2.45) is 0 Å². The summed E-state index contributed by atoms with van der Waals surface area (Å²) in [6.45, 7) is 6.65. The first-order chi connectivity index (χ1) is 18.3. The summed E-state index contributed by atoms with van der Waals surface area (Å²) < 4.78 is 16.1. The lowest BCUT2D eigenvalue weighted by Gasteiger charge is -2.27. The summed E-state index contributed by atoms with van der Waals surface area (Å²) in [5, 5.41) is 1.34. The molecule has 0 N–H and O–H groups in total. The predicted octanol–water partition coefficient (Wildman–Crippen LogP) is 7.35. The minimum Gasteiger partial charge on any atom is -0.434 e. The highest BCUT2D eigenvalue weighted by atomic mass is 35.5. The van der Waals surface area contributed by atoms with Crippen LogP contribution in [0.2, 0.25) is 5.02 Å². The molecule has 1 aromatic heterocycles. The summed E-state index contributed by atoms with van der Waals surface area (Å²) >= 11 is 10.1. The molecular weight excluding hydrogens is 520 g/mol. The number of ether oxygens (including phenoxy) is 2. The number of thiol groups is 1. The van der Waals surface area contributed by atoms with Crippen molar-refractivity contribution in [3.8, 4) is 11.3 Å². The number of methoxy groups -OCH3 is 1. The SMILES string of the molecule is CCC(CCOC)c1nc(-c2ccc(C=O)cc2)c(S)o1.CN(C)C1CCCOC1.Cc1ccccc1Cl. The Hall–Kier alpha value is -2.16. The molecular formula is C30H41ClN2O4S. The highest BCUT2D eigenvalue weighted by Gasteiger charge is 2.19. The van der Waals surface area contributed by atoms with Crippen LogP contribution in [0.15, 0.2) is 58.0 Å². The topological polar surface area (TPSA) is 64.8 Å². The van der Waals surface area contributed by atoms with Crippen molar-refractivity contribution in [2.75, 3.05) is 41.0 Å². The number of nitrogens with zero attached hydrogens (tertiary/aromatic N) is 2. The van der Waals surface area contributed by atoms with Gasteiger partial charge in [0.25, 0.3) is 0 Å². The van der Waals surface area contributed by atoms with Gasteiger partial charge in [-0.05, 0) is 58.3 Å². The van der Waals surface area contributed by atoms with E-state index in [-0.39, 0.29) is 5.92 Å². The number of oxazole rings is 1. The van der Waals surface area contributed by atoms with E-state index >= 15 is 0 Å². The van der Waals surface area contributed by atoms with Gasteiger partial charge in [-0.1, -0.05) is 61.0 Å². The Kier molecular flexibility index (Phi) is 14.7. The minimum absolute atomic E-state index is 0.221. The molecule has 3 aromatic rings. The zero-order valence-corrected chi connectivity index (χ0v) is 24.8. The van der Waals surface area contributed by atoms with Crippen LogP contribution >= 0.6 is 24.2 Å². The van der Waals surface area contributed by atoms with Gasteiger partial charge in [-0.15, -0.1) is 12.6 Å². The van der Waals surface area contributed by atoms with E-state index in [9.17, 15) is 4.79 Å². The molecule has 8 heteroatoms. The number of rotatable bonds is 8. The molecule has 0 aliphatic carbocycles. The lowest BCUT2D eigenvalue weighted by atomic mass is 10.0. The Morgan fingerprint density at radius 3 is 2.39 bits per heavy atom. The van der Waals surface area contributed by atoms with E-state index in [1.165, 1.54) is 12.8 Å². The largest absolute Gasteiger partial charge is 0.434 e. The van der Waals surface area contributed by atoms with Gasteiger partial charge in [0.1, 0.15) is 12.0 Å². The monoisotopic (exact) mass is 560 g/mol. The van der Waals surface area contributed by atoms with Crippen molar-refractivity contribution >= 4 is 30.5 Å². The number of likely N-dealkylation sites (N-methyl/N-ethyl adjacent to an activating group) is 1. The lowest BCUT2D eigenvalue weighted by Crippen LogP contribution is -2.35. The molecule has 0 bridgehead atoms. The Labute approximate surface area is 238 Å². The van der Waals surface area contributed by atoms with Crippen LogP contribution in [0.1, 0.15) is 60.3 Å². The van der Waals surface area contributed by atoms with Gasteiger partial charge in [0.2, 0.25) is 0 Å². The Balaban J connectivity index is 0.000000243. The van der Waals surface area contributed by atoms with Crippen molar-refractivity contribution in [3.63, 3.8) is 0 Å². The summed E-state index contributed by atoms with van der Waals surface area (Å²) in [7, 11) is 5.91. The average Bonchev–Trinajstić information content (AvgIpc) is 3.33. The summed E-state index contributed by atoms with van der Waals surface area (Å²) in [5.41, 5.74) is 3.37. The van der Waals surface area contributed by atoms with E-state index in [0.29, 0.717) is 34.9 Å². The number of hydrogen-bond donors (Lipinski definition) is 1. The van der Waals surface area contributed by atoms with Crippen molar-refractivity contribution in [2.45, 2.75) is 56.6 Å². The zero-order chi connectivity index (χ0) is 27.9. The second-order valence-electron chi connectivity index (χ2n) is 9.42. The standard InChI is InChI=1S/C16H19NO3S.C7H7Cl.C7H15NO/c1-3-12(8-9-19-2)15-17-14(16(21)20-15)13-6-4-11(10-18)5-7-13;1-6-4-2-3-5-7(6)8;1-8(2)7-4-3-5-9-6-7/h4-7,10,12,21H,3,8-9H2,1-2H3;2-5H,1H3;7H,3-6H2,1-2H3. The van der Waals surface area contributed by atoms with Gasteiger partial charge in [0.15, 0.2) is 11.0 Å². The molecule has 2 unspecified atom stereocenters. The first kappa shape index (κ1) is 32.1. The zero-order valence-electron chi connectivity index (χ0n) is 23.2.